The van der Waals surface area contributed by atoms with Gasteiger partial charge in [0.05, 0.1) is 17.8 Å². The minimum Gasteiger partial charge on any atom is -0.504 e. The van der Waals surface area contributed by atoms with Crippen molar-refractivity contribution in [2.45, 2.75) is 0 Å². The Bertz CT molecular complexity index is 370. The Hall–Kier alpha value is -1.49. The summed E-state index contributed by atoms with van der Waals surface area (Å²) >= 11 is 5.42. The van der Waals surface area contributed by atoms with E-state index in [1.165, 1.54) is 12.1 Å². The van der Waals surface area contributed by atoms with Gasteiger partial charge in [-0.15, -0.1) is 0 Å². The van der Waals surface area contributed by atoms with E-state index < -0.39 is 17.7 Å². The molecular formula is C8H7ClFNO3. The monoisotopic (exact) mass is 219 g/mol. The molecule has 0 atom stereocenters. The number of nitrogens with one attached hydrogen (secondary N) is 1. The zero-order chi connectivity index (χ0) is 10.7. The summed E-state index contributed by atoms with van der Waals surface area (Å²) < 4.78 is 17.4. The van der Waals surface area contributed by atoms with Gasteiger partial charge in [-0.2, -0.15) is 0 Å². The lowest BCUT2D eigenvalue weighted by Gasteiger charge is -2.06. The Morgan fingerprint density at radius 2 is 2.29 bits per heavy atom. The summed E-state index contributed by atoms with van der Waals surface area (Å²) in [4.78, 5) is 10.7. The first-order chi connectivity index (χ1) is 6.56. The molecule has 1 aromatic carbocycles. The van der Waals surface area contributed by atoms with Crippen LogP contribution in [0.5, 0.6) is 5.75 Å². The molecule has 14 heavy (non-hydrogen) atoms. The van der Waals surface area contributed by atoms with Gasteiger partial charge in [0.2, 0.25) is 0 Å². The molecule has 0 radical (unpaired) electrons. The average molecular weight is 220 g/mol. The number of rotatable bonds is 1. The molecule has 0 spiro atoms. The Morgan fingerprint density at radius 3 is 2.86 bits per heavy atom. The van der Waals surface area contributed by atoms with E-state index in [0.717, 1.165) is 7.11 Å². The molecule has 0 bridgehead atoms. The van der Waals surface area contributed by atoms with Gasteiger partial charge in [0.1, 0.15) is 0 Å². The predicted molar refractivity (Wildman–Crippen MR) is 49.1 cm³/mol. The van der Waals surface area contributed by atoms with Crippen molar-refractivity contribution < 1.29 is 19.0 Å². The van der Waals surface area contributed by atoms with Gasteiger partial charge in [-0.1, -0.05) is 11.6 Å². The van der Waals surface area contributed by atoms with Crippen LogP contribution >= 0.6 is 11.6 Å². The summed E-state index contributed by atoms with van der Waals surface area (Å²) in [7, 11) is 1.14. The van der Waals surface area contributed by atoms with Crippen molar-refractivity contribution in [3.05, 3.63) is 23.0 Å². The first kappa shape index (κ1) is 10.6. The normalized spacial score (nSPS) is 9.64. The molecule has 6 heteroatoms. The van der Waals surface area contributed by atoms with E-state index in [-0.39, 0.29) is 10.7 Å². The highest BCUT2D eigenvalue weighted by atomic mass is 35.5. The van der Waals surface area contributed by atoms with Gasteiger partial charge in [-0.05, 0) is 12.1 Å². The number of hydrogen-bond donors (Lipinski definition) is 2. The largest absolute Gasteiger partial charge is 0.504 e. The van der Waals surface area contributed by atoms with E-state index in [0.29, 0.717) is 0 Å². The Labute approximate surface area is 84.2 Å². The molecular weight excluding hydrogens is 213 g/mol. The molecule has 0 heterocycles. The number of phenols is 1. The van der Waals surface area contributed by atoms with Gasteiger partial charge in [0.25, 0.3) is 0 Å². The maximum atomic E-state index is 13.2. The van der Waals surface area contributed by atoms with E-state index in [1.54, 1.807) is 0 Å². The number of methoxy groups -OCH3 is 1. The number of benzene rings is 1. The van der Waals surface area contributed by atoms with Crippen LogP contribution in [0.4, 0.5) is 14.9 Å². The fraction of sp³-hybridized carbons (Fsp3) is 0.125. The summed E-state index contributed by atoms with van der Waals surface area (Å²) in [5.41, 5.74) is -0.196. The molecule has 2 N–H and O–H groups in total. The second-order valence-electron chi connectivity index (χ2n) is 2.37. The van der Waals surface area contributed by atoms with Crippen LogP contribution in [0.25, 0.3) is 0 Å². The molecule has 0 aliphatic carbocycles. The Balaban J connectivity index is 3.00. The molecule has 76 valence electrons. The van der Waals surface area contributed by atoms with Gasteiger partial charge in [0.15, 0.2) is 11.6 Å². The van der Waals surface area contributed by atoms with Crippen LogP contribution in [0.2, 0.25) is 5.02 Å². The number of anilines is 1. The summed E-state index contributed by atoms with van der Waals surface area (Å²) in [6.45, 7) is 0. The fourth-order valence-electron chi connectivity index (χ4n) is 0.799. The van der Waals surface area contributed by atoms with Crippen LogP contribution in [0.1, 0.15) is 0 Å². The second-order valence-corrected chi connectivity index (χ2v) is 2.78. The third kappa shape index (κ3) is 2.05. The predicted octanol–water partition coefficient (Wildman–Crippen LogP) is 2.36. The van der Waals surface area contributed by atoms with Gasteiger partial charge < -0.3 is 9.84 Å². The maximum absolute atomic E-state index is 13.2. The Kier molecular flexibility index (Phi) is 3.14. The van der Waals surface area contributed by atoms with Crippen molar-refractivity contribution in [2.24, 2.45) is 0 Å². The number of hydrogen-bond acceptors (Lipinski definition) is 3. The highest BCUT2D eigenvalue weighted by molar-refractivity contribution is 6.32. The topological polar surface area (TPSA) is 58.6 Å². The zero-order valence-electron chi connectivity index (χ0n) is 7.17. The molecule has 1 rings (SSSR count). The van der Waals surface area contributed by atoms with E-state index in [9.17, 15) is 9.18 Å². The summed E-state index contributed by atoms with van der Waals surface area (Å²) in [6.07, 6.45) is -0.828. The summed E-state index contributed by atoms with van der Waals surface area (Å²) in [5, 5.41) is 11.0. The van der Waals surface area contributed by atoms with Crippen LogP contribution in [0.15, 0.2) is 12.1 Å². The lowest BCUT2D eigenvalue weighted by Crippen LogP contribution is -2.12. The van der Waals surface area contributed by atoms with Crippen LogP contribution in [-0.2, 0) is 4.74 Å². The molecule has 1 amide bonds. The number of amides is 1. The van der Waals surface area contributed by atoms with E-state index in [2.05, 4.69) is 10.1 Å². The highest BCUT2D eigenvalue weighted by Gasteiger charge is 2.13. The number of phenolic OH excluding ortho intramolecular Hbond substituents is 1. The molecule has 0 fully saturated rings. The molecule has 0 unspecified atom stereocenters. The molecule has 0 saturated carbocycles. The lowest BCUT2D eigenvalue weighted by atomic mass is 10.3. The zero-order valence-corrected chi connectivity index (χ0v) is 7.93. The summed E-state index contributed by atoms with van der Waals surface area (Å²) in [6, 6.07) is 2.47. The van der Waals surface area contributed by atoms with Crippen molar-refractivity contribution in [3.63, 3.8) is 0 Å². The minimum atomic E-state index is -0.997. The highest BCUT2D eigenvalue weighted by Crippen LogP contribution is 2.31. The molecule has 0 aliphatic rings. The van der Waals surface area contributed by atoms with Crippen molar-refractivity contribution in [1.82, 2.24) is 0 Å². The quantitative estimate of drug-likeness (QED) is 0.762. The van der Waals surface area contributed by atoms with Crippen LogP contribution < -0.4 is 5.32 Å². The minimum absolute atomic E-state index is 0.127. The van der Waals surface area contributed by atoms with Crippen LogP contribution in [0, 0.1) is 5.82 Å². The molecule has 1 aromatic rings. The van der Waals surface area contributed by atoms with Gasteiger partial charge in [-0.25, -0.2) is 9.18 Å². The number of carbonyl (C=O) groups excluding carboxylic acids is 1. The molecule has 0 aliphatic heterocycles. The standard InChI is InChI=1S/C8H7ClFNO3/c1-14-8(13)11-5-3-2-4(9)7(12)6(5)10/h2-3,12H,1H3,(H,11,13). The van der Waals surface area contributed by atoms with Crippen molar-refractivity contribution in [1.29, 1.82) is 0 Å². The first-order valence-electron chi connectivity index (χ1n) is 3.58. The smallest absolute Gasteiger partial charge is 0.411 e. The van der Waals surface area contributed by atoms with Crippen molar-refractivity contribution >= 4 is 23.4 Å². The van der Waals surface area contributed by atoms with Crippen LogP contribution in [-0.4, -0.2) is 18.3 Å². The van der Waals surface area contributed by atoms with Gasteiger partial charge in [-0.3, -0.25) is 5.32 Å². The number of aromatic hydroxyl groups is 1. The average Bonchev–Trinajstić information content (AvgIpc) is 2.19. The second kappa shape index (κ2) is 4.15. The van der Waals surface area contributed by atoms with Crippen molar-refractivity contribution in [2.75, 3.05) is 12.4 Å². The van der Waals surface area contributed by atoms with Gasteiger partial charge in [0, 0.05) is 0 Å². The maximum Gasteiger partial charge on any atom is 0.411 e. The van der Waals surface area contributed by atoms with E-state index in [4.69, 9.17) is 16.7 Å². The van der Waals surface area contributed by atoms with E-state index in [1.807, 2.05) is 0 Å². The molecule has 0 saturated heterocycles. The van der Waals surface area contributed by atoms with Gasteiger partial charge >= 0.3 is 6.09 Å². The Morgan fingerprint density at radius 1 is 1.64 bits per heavy atom. The summed E-state index contributed by atoms with van der Waals surface area (Å²) in [5.74, 6) is -1.71. The first-order valence-corrected chi connectivity index (χ1v) is 3.96. The SMILES string of the molecule is COC(=O)Nc1ccc(Cl)c(O)c1F. The third-order valence-corrected chi connectivity index (χ3v) is 1.79. The van der Waals surface area contributed by atoms with E-state index >= 15 is 0 Å². The lowest BCUT2D eigenvalue weighted by molar-refractivity contribution is 0.186. The fourth-order valence-corrected chi connectivity index (χ4v) is 0.944. The number of carbonyl (C=O) groups is 1. The number of halogens is 2. The number of ether oxygens (including phenoxy) is 1. The van der Waals surface area contributed by atoms with Crippen LogP contribution in [0.3, 0.4) is 0 Å². The van der Waals surface area contributed by atoms with Crippen molar-refractivity contribution in [3.8, 4) is 5.75 Å². The molecule has 0 aromatic heterocycles. The third-order valence-electron chi connectivity index (χ3n) is 1.49. The molecule has 4 nitrogen and oxygen atoms in total.